The van der Waals surface area contributed by atoms with Crippen LogP contribution in [0.25, 0.3) is 11.1 Å². The number of aliphatic imine (C=N–C) groups is 1. The maximum Gasteiger partial charge on any atom is 0.225 e. The Hall–Kier alpha value is -4.34. The van der Waals surface area contributed by atoms with Gasteiger partial charge in [0.1, 0.15) is 12.2 Å². The quantitative estimate of drug-likeness (QED) is 0.310. The Bertz CT molecular complexity index is 1390. The van der Waals surface area contributed by atoms with Gasteiger partial charge < -0.3 is 14.8 Å². The molecule has 3 aromatic heterocycles. The van der Waals surface area contributed by atoms with Crippen LogP contribution < -0.4 is 4.90 Å². The van der Waals surface area contributed by atoms with Crippen LogP contribution in [0.3, 0.4) is 0 Å². The summed E-state index contributed by atoms with van der Waals surface area (Å²) in [4.78, 5) is 21.3. The van der Waals surface area contributed by atoms with Crippen LogP contribution >= 0.6 is 0 Å². The first-order valence-electron chi connectivity index (χ1n) is 12.2. The maximum absolute atomic E-state index is 13.4. The molecule has 0 unspecified atom stereocenters. The SMILES string of the molecule is Cn1cc(-c2c[nH]c(/C(=N\C=N)N3CCN(c4ncc(C(C)(C)c5ccc(F)cc5)cn4)CC3)c2)cn1. The molecule has 0 amide bonds. The van der Waals surface area contributed by atoms with Crippen molar-refractivity contribution in [1.29, 1.82) is 5.41 Å². The second kappa shape index (κ2) is 9.96. The minimum absolute atomic E-state index is 0.246. The Morgan fingerprint density at radius 2 is 1.73 bits per heavy atom. The van der Waals surface area contributed by atoms with Gasteiger partial charge in [-0.15, -0.1) is 0 Å². The van der Waals surface area contributed by atoms with E-state index in [1.54, 1.807) is 16.8 Å². The summed E-state index contributed by atoms with van der Waals surface area (Å²) < 4.78 is 15.1. The van der Waals surface area contributed by atoms with E-state index in [9.17, 15) is 4.39 Å². The van der Waals surface area contributed by atoms with Gasteiger partial charge in [-0.2, -0.15) is 5.10 Å². The summed E-state index contributed by atoms with van der Waals surface area (Å²) in [6.45, 7) is 7.08. The number of benzene rings is 1. The van der Waals surface area contributed by atoms with Crippen molar-refractivity contribution in [3.05, 3.63) is 84.0 Å². The van der Waals surface area contributed by atoms with Crippen molar-refractivity contribution in [1.82, 2.24) is 29.6 Å². The summed E-state index contributed by atoms with van der Waals surface area (Å²) >= 11 is 0. The number of aromatic nitrogens is 5. The fourth-order valence-corrected chi connectivity index (χ4v) is 4.60. The zero-order valence-corrected chi connectivity index (χ0v) is 21.2. The van der Waals surface area contributed by atoms with E-state index in [2.05, 4.69) is 48.7 Å². The lowest BCUT2D eigenvalue weighted by Gasteiger charge is -2.36. The standard InChI is InChI=1S/C27H30FN9/c1-27(2,21-4-6-23(28)7-5-21)22-15-31-26(32-16-22)37-10-8-36(9-11-37)25(33-18-29)24-12-19(13-30-24)20-14-34-35(3)17-20/h4-7,12-18,29-30H,8-11H2,1-3H3/b29-18?,33-25+. The molecule has 0 bridgehead atoms. The van der Waals surface area contributed by atoms with Gasteiger partial charge in [-0.1, -0.05) is 26.0 Å². The molecule has 2 N–H and O–H groups in total. The largest absolute Gasteiger partial charge is 0.358 e. The number of aryl methyl sites for hydroxylation is 1. The van der Waals surface area contributed by atoms with Crippen LogP contribution in [0.5, 0.6) is 0 Å². The van der Waals surface area contributed by atoms with E-state index in [4.69, 9.17) is 5.41 Å². The number of rotatable bonds is 6. The zero-order valence-electron chi connectivity index (χ0n) is 21.2. The van der Waals surface area contributed by atoms with E-state index in [1.165, 1.54) is 12.1 Å². The van der Waals surface area contributed by atoms with Crippen LogP contribution in [-0.2, 0) is 12.5 Å². The first kappa shape index (κ1) is 24.4. The third-order valence-electron chi connectivity index (χ3n) is 6.94. The van der Waals surface area contributed by atoms with Crippen molar-refractivity contribution < 1.29 is 4.39 Å². The van der Waals surface area contributed by atoms with Crippen LogP contribution in [0.15, 0.2) is 66.3 Å². The highest BCUT2D eigenvalue weighted by molar-refractivity contribution is 6.01. The Morgan fingerprint density at radius 3 is 2.35 bits per heavy atom. The Labute approximate surface area is 215 Å². The minimum Gasteiger partial charge on any atom is -0.358 e. The van der Waals surface area contributed by atoms with E-state index in [-0.39, 0.29) is 11.2 Å². The lowest BCUT2D eigenvalue weighted by molar-refractivity contribution is 0.383. The van der Waals surface area contributed by atoms with E-state index in [1.807, 2.05) is 44.1 Å². The predicted molar refractivity (Wildman–Crippen MR) is 143 cm³/mol. The van der Waals surface area contributed by atoms with Gasteiger partial charge in [0.2, 0.25) is 5.95 Å². The Morgan fingerprint density at radius 1 is 1.03 bits per heavy atom. The topological polar surface area (TPSA) is 102 Å². The molecular formula is C27H30FN9. The number of halogens is 1. The normalized spacial score (nSPS) is 14.8. The third kappa shape index (κ3) is 5.00. The van der Waals surface area contributed by atoms with Crippen LogP contribution in [-0.4, -0.2) is 68.0 Å². The molecule has 0 saturated carbocycles. The maximum atomic E-state index is 13.4. The molecule has 0 atom stereocenters. The summed E-state index contributed by atoms with van der Waals surface area (Å²) in [6.07, 6.45) is 10.5. The van der Waals surface area contributed by atoms with Gasteiger partial charge in [-0.3, -0.25) is 10.1 Å². The van der Waals surface area contributed by atoms with Gasteiger partial charge in [0, 0.05) is 74.6 Å². The molecule has 1 aromatic carbocycles. The number of piperazine rings is 1. The van der Waals surface area contributed by atoms with Crippen LogP contribution in [0.1, 0.15) is 30.7 Å². The van der Waals surface area contributed by atoms with E-state index >= 15 is 0 Å². The smallest absolute Gasteiger partial charge is 0.225 e. The van der Waals surface area contributed by atoms with E-state index in [0.717, 1.165) is 66.3 Å². The second-order valence-electron chi connectivity index (χ2n) is 9.66. The summed E-state index contributed by atoms with van der Waals surface area (Å²) in [5, 5.41) is 11.8. The number of hydrogen-bond donors (Lipinski definition) is 2. The second-order valence-corrected chi connectivity index (χ2v) is 9.66. The molecule has 0 spiro atoms. The molecular weight excluding hydrogens is 469 g/mol. The monoisotopic (exact) mass is 499 g/mol. The molecule has 1 fully saturated rings. The van der Waals surface area contributed by atoms with Gasteiger partial charge in [0.05, 0.1) is 11.9 Å². The van der Waals surface area contributed by atoms with Gasteiger partial charge in [-0.25, -0.2) is 19.4 Å². The zero-order chi connectivity index (χ0) is 26.0. The molecule has 9 nitrogen and oxygen atoms in total. The highest BCUT2D eigenvalue weighted by Gasteiger charge is 2.26. The third-order valence-corrected chi connectivity index (χ3v) is 6.94. The van der Waals surface area contributed by atoms with Gasteiger partial charge >= 0.3 is 0 Å². The number of aromatic amines is 1. The Balaban J connectivity index is 1.26. The fraction of sp³-hybridized carbons (Fsp3) is 0.296. The average molecular weight is 500 g/mol. The van der Waals surface area contributed by atoms with E-state index in [0.29, 0.717) is 5.95 Å². The summed E-state index contributed by atoms with van der Waals surface area (Å²) in [5.74, 6) is 1.18. The van der Waals surface area contributed by atoms with Gasteiger partial charge in [-0.05, 0) is 29.3 Å². The molecule has 0 aliphatic carbocycles. The molecule has 1 aliphatic rings. The molecule has 5 rings (SSSR count). The first-order valence-corrected chi connectivity index (χ1v) is 12.2. The molecule has 4 aromatic rings. The van der Waals surface area contributed by atoms with Crippen molar-refractivity contribution in [2.75, 3.05) is 31.1 Å². The van der Waals surface area contributed by atoms with Crippen molar-refractivity contribution in [2.24, 2.45) is 12.0 Å². The molecule has 190 valence electrons. The van der Waals surface area contributed by atoms with Crippen LogP contribution in [0, 0.1) is 11.2 Å². The summed E-state index contributed by atoms with van der Waals surface area (Å²) in [7, 11) is 1.89. The van der Waals surface area contributed by atoms with E-state index < -0.39 is 0 Å². The summed E-state index contributed by atoms with van der Waals surface area (Å²) in [5.41, 5.74) is 4.54. The molecule has 1 saturated heterocycles. The van der Waals surface area contributed by atoms with Gasteiger partial charge in [0.15, 0.2) is 5.84 Å². The van der Waals surface area contributed by atoms with Crippen molar-refractivity contribution >= 4 is 18.1 Å². The fourth-order valence-electron chi connectivity index (χ4n) is 4.60. The number of nitrogens with one attached hydrogen (secondary N) is 2. The molecule has 1 aliphatic heterocycles. The summed E-state index contributed by atoms with van der Waals surface area (Å²) in [6, 6.07) is 8.61. The lowest BCUT2D eigenvalue weighted by atomic mass is 9.79. The minimum atomic E-state index is -0.340. The molecule has 10 heteroatoms. The highest BCUT2D eigenvalue weighted by Crippen LogP contribution is 2.31. The first-order chi connectivity index (χ1) is 17.8. The Kier molecular flexibility index (Phi) is 6.56. The van der Waals surface area contributed by atoms with Crippen molar-refractivity contribution in [2.45, 2.75) is 19.3 Å². The van der Waals surface area contributed by atoms with Crippen LogP contribution in [0.2, 0.25) is 0 Å². The lowest BCUT2D eigenvalue weighted by Crippen LogP contribution is -2.49. The number of H-pyrrole nitrogens is 1. The molecule has 4 heterocycles. The highest BCUT2D eigenvalue weighted by atomic mass is 19.1. The molecule has 37 heavy (non-hydrogen) atoms. The predicted octanol–water partition coefficient (Wildman–Crippen LogP) is 3.85. The van der Waals surface area contributed by atoms with Gasteiger partial charge in [0.25, 0.3) is 0 Å². The average Bonchev–Trinajstić information content (AvgIpc) is 3.57. The van der Waals surface area contributed by atoms with Crippen LogP contribution in [0.4, 0.5) is 10.3 Å². The number of nitrogens with zero attached hydrogens (tertiary/aromatic N) is 7. The van der Waals surface area contributed by atoms with Crippen molar-refractivity contribution in [3.63, 3.8) is 0 Å². The number of anilines is 1. The number of hydrogen-bond acceptors (Lipinski definition) is 5. The molecule has 0 radical (unpaired) electrons. The number of amidine groups is 1. The van der Waals surface area contributed by atoms with Crippen molar-refractivity contribution in [3.8, 4) is 11.1 Å².